The predicted octanol–water partition coefficient (Wildman–Crippen LogP) is 5.58. The van der Waals surface area contributed by atoms with E-state index in [-0.39, 0.29) is 29.6 Å². The Morgan fingerprint density at radius 3 is 2.52 bits per heavy atom. The second-order valence-corrected chi connectivity index (χ2v) is 15.1. The van der Waals surface area contributed by atoms with Gasteiger partial charge in [0.05, 0.1) is 47.0 Å². The maximum Gasteiger partial charge on any atom is 0.238 e. The van der Waals surface area contributed by atoms with Gasteiger partial charge in [-0.05, 0) is 76.1 Å². The van der Waals surface area contributed by atoms with Crippen molar-refractivity contribution in [3.63, 3.8) is 0 Å². The first-order chi connectivity index (χ1) is 24.2. The first-order valence-corrected chi connectivity index (χ1v) is 18.1. The van der Waals surface area contributed by atoms with Gasteiger partial charge in [-0.15, -0.1) is 0 Å². The highest BCUT2D eigenvalue weighted by molar-refractivity contribution is 6.09. The zero-order valence-corrected chi connectivity index (χ0v) is 28.8. The lowest BCUT2D eigenvalue weighted by atomic mass is 9.73. The van der Waals surface area contributed by atoms with Gasteiger partial charge in [0.25, 0.3) is 0 Å². The molecule has 1 aliphatic carbocycles. The minimum atomic E-state index is -0.651. The van der Waals surface area contributed by atoms with Crippen LogP contribution in [0.2, 0.25) is 0 Å². The van der Waals surface area contributed by atoms with Gasteiger partial charge in [-0.3, -0.25) is 19.5 Å². The Morgan fingerprint density at radius 1 is 1.06 bits per heavy atom. The molecule has 1 spiro atoms. The molecule has 3 saturated heterocycles. The minimum absolute atomic E-state index is 0.0523. The molecule has 3 aromatic heterocycles. The van der Waals surface area contributed by atoms with Gasteiger partial charge in [-0.25, -0.2) is 14.4 Å². The number of ether oxygens (including phenoxy) is 1. The fraction of sp³-hybridized carbons (Fsp3) is 0.500. The van der Waals surface area contributed by atoms with Gasteiger partial charge in [-0.2, -0.15) is 0 Å². The first kappa shape index (κ1) is 31.6. The normalized spacial score (nSPS) is 25.8. The summed E-state index contributed by atoms with van der Waals surface area (Å²) >= 11 is 0. The number of nitrogens with zero attached hydrogens (tertiary/aromatic N) is 7. The van der Waals surface area contributed by atoms with Crippen LogP contribution in [0.1, 0.15) is 70.9 Å². The van der Waals surface area contributed by atoms with Crippen molar-refractivity contribution >= 4 is 40.0 Å². The number of carbonyl (C=O) groups is 2. The number of benzene rings is 1. The lowest BCUT2D eigenvalue weighted by molar-refractivity contribution is -0.134. The summed E-state index contributed by atoms with van der Waals surface area (Å²) in [5.74, 6) is 0.237. The number of imidazole rings is 1. The van der Waals surface area contributed by atoms with Gasteiger partial charge in [-0.1, -0.05) is 12.1 Å². The molecule has 11 nitrogen and oxygen atoms in total. The van der Waals surface area contributed by atoms with Gasteiger partial charge in [0.1, 0.15) is 5.52 Å². The van der Waals surface area contributed by atoms with E-state index >= 15 is 0 Å². The van der Waals surface area contributed by atoms with Gasteiger partial charge in [0.2, 0.25) is 11.8 Å². The van der Waals surface area contributed by atoms with E-state index < -0.39 is 11.2 Å². The molecule has 2 atom stereocenters. The van der Waals surface area contributed by atoms with Crippen LogP contribution in [0.4, 0.5) is 21.6 Å². The molecule has 1 saturated carbocycles. The average Bonchev–Trinajstić information content (AvgIpc) is 3.74. The number of likely N-dealkylation sites (tertiary alicyclic amines) is 2. The van der Waals surface area contributed by atoms with E-state index in [1.807, 2.05) is 21.6 Å². The maximum atomic E-state index is 14.8. The summed E-state index contributed by atoms with van der Waals surface area (Å²) < 4.78 is 23.0. The lowest BCUT2D eigenvalue weighted by Crippen LogP contribution is -2.60. The monoisotopic (exact) mass is 678 g/mol. The molecule has 4 aliphatic heterocycles. The summed E-state index contributed by atoms with van der Waals surface area (Å²) in [6, 6.07) is 10.5. The zero-order chi connectivity index (χ0) is 34.3. The molecule has 0 radical (unpaired) electrons. The standard InChI is InChI=1S/C38H43FN8O3/c1-22(2)46-21-41-33-17-32(43-36(35(33)46)42-31-8-11-40-18-30(31)39)24-4-7-29-34(14-24)47(37(49)38(29)9-12-44(13-10-38)23(3)48)26-15-25(16-26)45-19-27-5-6-28(20-45)50-27/h4,7-8,11,14,17-18,21-22,25-28H,5-6,9-10,12-13,15-16,19-20H2,1-3H3,(H,40,42,43)/t25-,26+,27?,28?. The topological polar surface area (TPSA) is 109 Å². The van der Waals surface area contributed by atoms with E-state index in [1.165, 1.54) is 6.20 Å². The van der Waals surface area contributed by atoms with E-state index in [0.717, 1.165) is 66.6 Å². The SMILES string of the molecule is CC(=O)N1CCC2(CC1)C(=O)N([C@H]1C[C@@H](N3CC4CCC(C3)O4)C1)c1cc(-c3cc4ncn(C(C)C)c4c(Nc4ccncc4F)n3)ccc12. The highest BCUT2D eigenvalue weighted by atomic mass is 19.1. The Kier molecular flexibility index (Phi) is 7.47. The second kappa shape index (κ2) is 11.8. The van der Waals surface area contributed by atoms with Crippen molar-refractivity contribution < 1.29 is 18.7 Å². The molecular formula is C38H43FN8O3. The van der Waals surface area contributed by atoms with Crippen LogP contribution in [0.5, 0.6) is 0 Å². The van der Waals surface area contributed by atoms with Gasteiger partial charge >= 0.3 is 0 Å². The van der Waals surface area contributed by atoms with E-state index in [9.17, 15) is 14.0 Å². The molecule has 2 unspecified atom stereocenters. The third-order valence-corrected chi connectivity index (χ3v) is 11.9. The van der Waals surface area contributed by atoms with Gasteiger partial charge < -0.3 is 24.4 Å². The molecule has 4 fully saturated rings. The summed E-state index contributed by atoms with van der Waals surface area (Å²) in [5.41, 5.74) is 4.68. The zero-order valence-electron chi connectivity index (χ0n) is 28.8. The van der Waals surface area contributed by atoms with E-state index in [0.29, 0.717) is 55.7 Å². The number of hydrogen-bond donors (Lipinski definition) is 1. The van der Waals surface area contributed by atoms with Crippen LogP contribution in [-0.4, -0.2) is 91.6 Å². The Balaban J connectivity index is 1.09. The molecule has 50 heavy (non-hydrogen) atoms. The molecule has 9 rings (SSSR count). The van der Waals surface area contributed by atoms with Crippen molar-refractivity contribution in [2.24, 2.45) is 0 Å². The number of piperidine rings is 1. The Hall–Kier alpha value is -4.42. The van der Waals surface area contributed by atoms with Crippen molar-refractivity contribution in [3.8, 4) is 11.3 Å². The molecule has 1 N–H and O–H groups in total. The molecular weight excluding hydrogens is 635 g/mol. The average molecular weight is 679 g/mol. The largest absolute Gasteiger partial charge is 0.372 e. The smallest absolute Gasteiger partial charge is 0.238 e. The van der Waals surface area contributed by atoms with Crippen molar-refractivity contribution in [3.05, 3.63) is 60.4 Å². The minimum Gasteiger partial charge on any atom is -0.372 e. The number of nitrogens with one attached hydrogen (secondary N) is 1. The van der Waals surface area contributed by atoms with Crippen molar-refractivity contribution in [2.45, 2.75) is 95.0 Å². The van der Waals surface area contributed by atoms with Gasteiger partial charge in [0.15, 0.2) is 11.6 Å². The number of halogens is 1. The van der Waals surface area contributed by atoms with Crippen LogP contribution in [-0.2, 0) is 19.7 Å². The van der Waals surface area contributed by atoms with Crippen LogP contribution in [0.15, 0.2) is 49.1 Å². The number of pyridine rings is 2. The van der Waals surface area contributed by atoms with Crippen molar-refractivity contribution in [2.75, 3.05) is 36.4 Å². The Morgan fingerprint density at radius 2 is 1.82 bits per heavy atom. The molecule has 4 aromatic rings. The van der Waals surface area contributed by atoms with E-state index in [1.54, 1.807) is 25.5 Å². The van der Waals surface area contributed by atoms with E-state index in [2.05, 4.69) is 46.1 Å². The molecule has 2 bridgehead atoms. The number of aromatic nitrogens is 4. The summed E-state index contributed by atoms with van der Waals surface area (Å²) in [6.45, 7) is 8.84. The molecule has 5 aliphatic rings. The molecule has 260 valence electrons. The van der Waals surface area contributed by atoms with Crippen molar-refractivity contribution in [1.82, 2.24) is 29.3 Å². The number of anilines is 3. The first-order valence-electron chi connectivity index (χ1n) is 18.1. The highest BCUT2D eigenvalue weighted by Crippen LogP contribution is 2.52. The Labute approximate surface area is 290 Å². The third-order valence-electron chi connectivity index (χ3n) is 11.9. The summed E-state index contributed by atoms with van der Waals surface area (Å²) in [4.78, 5) is 47.2. The van der Waals surface area contributed by atoms with Crippen LogP contribution in [0.25, 0.3) is 22.3 Å². The van der Waals surface area contributed by atoms with Crippen LogP contribution in [0, 0.1) is 5.82 Å². The number of hydrogen-bond acceptors (Lipinski definition) is 8. The molecule has 2 amide bonds. The number of amides is 2. The molecule has 12 heteroatoms. The molecule has 1 aromatic carbocycles. The highest BCUT2D eigenvalue weighted by Gasteiger charge is 2.56. The van der Waals surface area contributed by atoms with Crippen LogP contribution < -0.4 is 10.2 Å². The predicted molar refractivity (Wildman–Crippen MR) is 188 cm³/mol. The Bertz CT molecular complexity index is 1990. The number of morpholine rings is 1. The fourth-order valence-electron chi connectivity index (χ4n) is 9.10. The molecule has 7 heterocycles. The lowest BCUT2D eigenvalue weighted by Gasteiger charge is -2.49. The van der Waals surface area contributed by atoms with Crippen LogP contribution >= 0.6 is 0 Å². The summed E-state index contributed by atoms with van der Waals surface area (Å²) in [5, 5.41) is 3.22. The van der Waals surface area contributed by atoms with E-state index in [4.69, 9.17) is 14.7 Å². The summed E-state index contributed by atoms with van der Waals surface area (Å²) in [6.07, 6.45) is 10.6. The fourth-order valence-corrected chi connectivity index (χ4v) is 9.10. The number of rotatable bonds is 6. The number of fused-ring (bicyclic) bond motifs is 5. The number of carbonyl (C=O) groups excluding carboxylic acids is 2. The van der Waals surface area contributed by atoms with Crippen LogP contribution in [0.3, 0.4) is 0 Å². The summed E-state index contributed by atoms with van der Waals surface area (Å²) in [7, 11) is 0. The maximum absolute atomic E-state index is 14.8. The quantitative estimate of drug-likeness (QED) is 0.282. The third kappa shape index (κ3) is 5.01. The second-order valence-electron chi connectivity index (χ2n) is 15.1. The van der Waals surface area contributed by atoms with Crippen molar-refractivity contribution in [1.29, 1.82) is 0 Å². The van der Waals surface area contributed by atoms with Gasteiger partial charge in [0, 0.05) is 68.7 Å².